The third-order valence-electron chi connectivity index (χ3n) is 1.85. The van der Waals surface area contributed by atoms with Crippen molar-refractivity contribution in [2.45, 2.75) is 40.5 Å². The van der Waals surface area contributed by atoms with Crippen LogP contribution in [0.15, 0.2) is 11.1 Å². The van der Waals surface area contributed by atoms with Crippen LogP contribution in [0, 0.1) is 0 Å². The highest BCUT2D eigenvalue weighted by Crippen LogP contribution is 2.11. The van der Waals surface area contributed by atoms with Gasteiger partial charge < -0.3 is 4.74 Å². The van der Waals surface area contributed by atoms with Crippen molar-refractivity contribution in [1.29, 1.82) is 0 Å². The van der Waals surface area contributed by atoms with Gasteiger partial charge in [-0.3, -0.25) is 0 Å². The van der Waals surface area contributed by atoms with Crippen LogP contribution < -0.4 is 0 Å². The van der Waals surface area contributed by atoms with Crippen LogP contribution in [0.5, 0.6) is 0 Å². The molecule has 0 aromatic heterocycles. The second-order valence-electron chi connectivity index (χ2n) is 2.88. The topological polar surface area (TPSA) is 26.3 Å². The molecule has 0 amide bonds. The second-order valence-corrected chi connectivity index (χ2v) is 2.88. The lowest BCUT2D eigenvalue weighted by atomic mass is 10.1. The summed E-state index contributed by atoms with van der Waals surface area (Å²) < 4.78 is 4.87. The van der Waals surface area contributed by atoms with E-state index >= 15 is 0 Å². The van der Waals surface area contributed by atoms with Gasteiger partial charge in [0.05, 0.1) is 6.61 Å². The Morgan fingerprint density at radius 1 is 1.25 bits per heavy atom. The highest BCUT2D eigenvalue weighted by Gasteiger charge is 2.06. The number of hydrogen-bond donors (Lipinski definition) is 0. The Bertz CT molecular complexity index is 180. The first-order valence-corrected chi connectivity index (χ1v) is 4.46. The predicted molar refractivity (Wildman–Crippen MR) is 49.9 cm³/mol. The van der Waals surface area contributed by atoms with Gasteiger partial charge in [0.25, 0.3) is 0 Å². The van der Waals surface area contributed by atoms with Crippen LogP contribution in [0.3, 0.4) is 0 Å². The highest BCUT2D eigenvalue weighted by atomic mass is 16.5. The van der Waals surface area contributed by atoms with Crippen molar-refractivity contribution in [2.75, 3.05) is 6.61 Å². The van der Waals surface area contributed by atoms with Gasteiger partial charge >= 0.3 is 5.97 Å². The average Bonchev–Trinajstić information content (AvgIpc) is 2.04. The molecule has 2 heteroatoms. The van der Waals surface area contributed by atoms with Crippen molar-refractivity contribution in [2.24, 2.45) is 0 Å². The first-order chi connectivity index (χ1) is 5.63. The predicted octanol–water partition coefficient (Wildman–Crippen LogP) is 2.69. The van der Waals surface area contributed by atoms with Gasteiger partial charge in [0.2, 0.25) is 0 Å². The highest BCUT2D eigenvalue weighted by molar-refractivity contribution is 5.88. The minimum absolute atomic E-state index is 0.177. The molecule has 70 valence electrons. The average molecular weight is 170 g/mol. The molecule has 0 rings (SSSR count). The van der Waals surface area contributed by atoms with Crippen molar-refractivity contribution in [3.8, 4) is 0 Å². The van der Waals surface area contributed by atoms with Crippen molar-refractivity contribution in [3.63, 3.8) is 0 Å². The molecule has 0 fully saturated rings. The molecule has 0 bridgehead atoms. The second kappa shape index (κ2) is 5.81. The Hall–Kier alpha value is -0.790. The van der Waals surface area contributed by atoms with Crippen LogP contribution in [0.2, 0.25) is 0 Å². The van der Waals surface area contributed by atoms with Crippen molar-refractivity contribution in [3.05, 3.63) is 11.1 Å². The molecule has 0 saturated heterocycles. The zero-order valence-electron chi connectivity index (χ0n) is 8.44. The van der Waals surface area contributed by atoms with E-state index in [1.54, 1.807) is 0 Å². The Kier molecular flexibility index (Phi) is 5.43. The van der Waals surface area contributed by atoms with Crippen LogP contribution in [0.1, 0.15) is 40.5 Å². The van der Waals surface area contributed by atoms with Gasteiger partial charge in [-0.05, 0) is 27.2 Å². The van der Waals surface area contributed by atoms with Crippen molar-refractivity contribution >= 4 is 5.97 Å². The van der Waals surface area contributed by atoms with E-state index < -0.39 is 0 Å². The molecule has 0 saturated carbocycles. The van der Waals surface area contributed by atoms with E-state index in [0.29, 0.717) is 6.61 Å². The number of allylic oxidation sites excluding steroid dienone is 1. The third-order valence-corrected chi connectivity index (χ3v) is 1.85. The summed E-state index contributed by atoms with van der Waals surface area (Å²) in [6.45, 7) is 8.18. The van der Waals surface area contributed by atoms with E-state index in [4.69, 9.17) is 4.74 Å². The lowest BCUT2D eigenvalue weighted by molar-refractivity contribution is -0.138. The van der Waals surface area contributed by atoms with Crippen LogP contribution >= 0.6 is 0 Å². The number of carbonyl (C=O) groups excluding carboxylic acids is 1. The summed E-state index contributed by atoms with van der Waals surface area (Å²) in [7, 11) is 0. The number of hydrogen-bond acceptors (Lipinski definition) is 2. The van der Waals surface area contributed by atoms with Crippen LogP contribution in [0.25, 0.3) is 0 Å². The van der Waals surface area contributed by atoms with E-state index in [1.165, 1.54) is 0 Å². The molecule has 0 aliphatic heterocycles. The molecule has 0 aliphatic rings. The maximum absolute atomic E-state index is 11.2. The fraction of sp³-hybridized carbons (Fsp3) is 0.700. The molecule has 0 unspecified atom stereocenters. The van der Waals surface area contributed by atoms with Gasteiger partial charge in [0, 0.05) is 5.57 Å². The van der Waals surface area contributed by atoms with Crippen LogP contribution in [-0.2, 0) is 9.53 Å². The lowest BCUT2D eigenvalue weighted by Gasteiger charge is -2.05. The number of rotatable bonds is 4. The first kappa shape index (κ1) is 11.2. The third kappa shape index (κ3) is 3.56. The van der Waals surface area contributed by atoms with Crippen molar-refractivity contribution < 1.29 is 9.53 Å². The first-order valence-electron chi connectivity index (χ1n) is 4.46. The van der Waals surface area contributed by atoms with Crippen molar-refractivity contribution in [1.82, 2.24) is 0 Å². The minimum Gasteiger partial charge on any atom is -0.463 e. The van der Waals surface area contributed by atoms with Gasteiger partial charge in [-0.2, -0.15) is 0 Å². The van der Waals surface area contributed by atoms with Crippen LogP contribution in [0.4, 0.5) is 0 Å². The standard InChI is InChI=1S/C10H18O2/c1-5-7-8(3)9(4)10(11)12-6-2/h5-7H2,1-4H3/b9-8-. The molecule has 2 nitrogen and oxygen atoms in total. The minimum atomic E-state index is -0.177. The summed E-state index contributed by atoms with van der Waals surface area (Å²) in [6.07, 6.45) is 2.05. The molecule has 0 heterocycles. The normalized spacial score (nSPS) is 12.3. The Morgan fingerprint density at radius 2 is 1.83 bits per heavy atom. The van der Waals surface area contributed by atoms with Gasteiger partial charge in [-0.1, -0.05) is 18.9 Å². The molecule has 0 N–H and O–H groups in total. The summed E-state index contributed by atoms with van der Waals surface area (Å²) in [5.41, 5.74) is 1.90. The van der Waals surface area contributed by atoms with Gasteiger partial charge in [0.15, 0.2) is 0 Å². The molecule has 0 aromatic rings. The SMILES string of the molecule is CCC/C(C)=C(/C)C(=O)OCC. The Balaban J connectivity index is 4.22. The van der Waals surface area contributed by atoms with E-state index in [9.17, 15) is 4.79 Å². The maximum Gasteiger partial charge on any atom is 0.333 e. The largest absolute Gasteiger partial charge is 0.463 e. The van der Waals surface area contributed by atoms with E-state index in [2.05, 4.69) is 6.92 Å². The van der Waals surface area contributed by atoms with Gasteiger partial charge in [0.1, 0.15) is 0 Å². The maximum atomic E-state index is 11.2. The Morgan fingerprint density at radius 3 is 2.25 bits per heavy atom. The van der Waals surface area contributed by atoms with Gasteiger partial charge in [-0.15, -0.1) is 0 Å². The quantitative estimate of drug-likeness (QED) is 0.479. The molecule has 0 radical (unpaired) electrons. The summed E-state index contributed by atoms with van der Waals surface area (Å²) in [5, 5.41) is 0. The summed E-state index contributed by atoms with van der Waals surface area (Å²) >= 11 is 0. The molecular weight excluding hydrogens is 152 g/mol. The zero-order chi connectivity index (χ0) is 9.56. The summed E-state index contributed by atoms with van der Waals surface area (Å²) in [5.74, 6) is -0.177. The monoisotopic (exact) mass is 170 g/mol. The van der Waals surface area contributed by atoms with E-state index in [1.807, 2.05) is 20.8 Å². The van der Waals surface area contributed by atoms with E-state index in [0.717, 1.165) is 24.0 Å². The molecule has 0 atom stereocenters. The zero-order valence-corrected chi connectivity index (χ0v) is 8.44. The fourth-order valence-corrected chi connectivity index (χ4v) is 0.976. The smallest absolute Gasteiger partial charge is 0.333 e. The lowest BCUT2D eigenvalue weighted by Crippen LogP contribution is -2.06. The molecule has 0 aliphatic carbocycles. The Labute approximate surface area is 74.6 Å². The molecule has 0 spiro atoms. The summed E-state index contributed by atoms with van der Waals surface area (Å²) in [6, 6.07) is 0. The fourth-order valence-electron chi connectivity index (χ4n) is 0.976. The number of carbonyl (C=O) groups is 1. The van der Waals surface area contributed by atoms with Gasteiger partial charge in [-0.25, -0.2) is 4.79 Å². The van der Waals surface area contributed by atoms with Crippen LogP contribution in [-0.4, -0.2) is 12.6 Å². The molecule has 0 aromatic carbocycles. The summed E-state index contributed by atoms with van der Waals surface area (Å²) in [4.78, 5) is 11.2. The molecule has 12 heavy (non-hydrogen) atoms. The number of esters is 1. The van der Waals surface area contributed by atoms with E-state index in [-0.39, 0.29) is 5.97 Å². The molecular formula is C10H18O2. The number of ether oxygens (including phenoxy) is 1.